The van der Waals surface area contributed by atoms with Gasteiger partial charge in [-0.2, -0.15) is 0 Å². The molecule has 6 heteroatoms. The summed E-state index contributed by atoms with van der Waals surface area (Å²) in [5.41, 5.74) is 1.59. The average molecular weight is 302 g/mol. The number of para-hydroxylation sites is 1. The molecule has 0 fully saturated rings. The minimum Gasteiger partial charge on any atom is -0.355 e. The van der Waals surface area contributed by atoms with Crippen LogP contribution in [-0.2, 0) is 11.3 Å². The van der Waals surface area contributed by atoms with Gasteiger partial charge in [0, 0.05) is 26.1 Å². The molecular weight excluding hydrogens is 280 g/mol. The molecule has 22 heavy (non-hydrogen) atoms. The predicted molar refractivity (Wildman–Crippen MR) is 86.9 cm³/mol. The first kappa shape index (κ1) is 16.2. The lowest BCUT2D eigenvalue weighted by molar-refractivity contribution is -0.121. The first-order valence-corrected chi connectivity index (χ1v) is 7.55. The van der Waals surface area contributed by atoms with E-state index in [2.05, 4.69) is 15.6 Å². The number of rotatable bonds is 7. The second-order valence-corrected chi connectivity index (χ2v) is 5.17. The molecule has 0 saturated carbocycles. The van der Waals surface area contributed by atoms with Crippen molar-refractivity contribution in [1.29, 1.82) is 0 Å². The Kier molecular flexibility index (Phi) is 5.66. The van der Waals surface area contributed by atoms with Crippen LogP contribution in [0.4, 0.5) is 0 Å². The van der Waals surface area contributed by atoms with E-state index in [1.54, 1.807) is 6.07 Å². The lowest BCUT2D eigenvalue weighted by Crippen LogP contribution is -2.33. The van der Waals surface area contributed by atoms with Gasteiger partial charge in [-0.1, -0.05) is 19.1 Å². The Hall–Kier alpha value is -2.21. The van der Waals surface area contributed by atoms with Gasteiger partial charge in [0.15, 0.2) is 0 Å². The van der Waals surface area contributed by atoms with Crippen molar-refractivity contribution in [3.63, 3.8) is 0 Å². The zero-order valence-electron chi connectivity index (χ0n) is 13.1. The molecule has 1 aromatic heterocycles. The summed E-state index contributed by atoms with van der Waals surface area (Å²) in [7, 11) is 0. The molecule has 0 aliphatic heterocycles. The zero-order chi connectivity index (χ0) is 15.9. The summed E-state index contributed by atoms with van der Waals surface area (Å²) >= 11 is 0. The molecule has 0 bridgehead atoms. The maximum absolute atomic E-state index is 12.4. The molecule has 118 valence electrons. The van der Waals surface area contributed by atoms with Gasteiger partial charge in [0.25, 0.3) is 5.56 Å². The van der Waals surface area contributed by atoms with E-state index in [1.165, 1.54) is 10.9 Å². The molecule has 0 unspecified atom stereocenters. The number of nitrogens with zero attached hydrogens (tertiary/aromatic N) is 2. The number of carbonyl (C=O) groups excluding carboxylic acids is 1. The predicted octanol–water partition coefficient (Wildman–Crippen LogP) is 0.821. The Morgan fingerprint density at radius 2 is 2.14 bits per heavy atom. The minimum absolute atomic E-state index is 0.0610. The monoisotopic (exact) mass is 302 g/mol. The van der Waals surface area contributed by atoms with E-state index in [-0.39, 0.29) is 17.9 Å². The van der Waals surface area contributed by atoms with E-state index in [1.807, 2.05) is 26.0 Å². The van der Waals surface area contributed by atoms with Crippen LogP contribution in [-0.4, -0.2) is 35.1 Å². The van der Waals surface area contributed by atoms with Crippen molar-refractivity contribution in [3.05, 3.63) is 40.4 Å². The fraction of sp³-hybridized carbons (Fsp3) is 0.438. The van der Waals surface area contributed by atoms with Crippen LogP contribution in [0, 0.1) is 6.92 Å². The van der Waals surface area contributed by atoms with Crippen molar-refractivity contribution in [2.75, 3.05) is 19.6 Å². The third kappa shape index (κ3) is 3.92. The number of aromatic nitrogens is 2. The first-order chi connectivity index (χ1) is 10.6. The van der Waals surface area contributed by atoms with Crippen LogP contribution >= 0.6 is 0 Å². The van der Waals surface area contributed by atoms with Gasteiger partial charge in [-0.25, -0.2) is 4.98 Å². The summed E-state index contributed by atoms with van der Waals surface area (Å²) in [6.07, 6.45) is 1.79. The van der Waals surface area contributed by atoms with Crippen LogP contribution < -0.4 is 16.2 Å². The first-order valence-electron chi connectivity index (χ1n) is 7.55. The zero-order valence-corrected chi connectivity index (χ0v) is 13.1. The highest BCUT2D eigenvalue weighted by Crippen LogP contribution is 2.11. The van der Waals surface area contributed by atoms with Crippen LogP contribution in [0.2, 0.25) is 0 Å². The van der Waals surface area contributed by atoms with E-state index in [9.17, 15) is 9.59 Å². The van der Waals surface area contributed by atoms with Crippen LogP contribution in [0.1, 0.15) is 18.9 Å². The highest BCUT2D eigenvalue weighted by molar-refractivity contribution is 5.80. The topological polar surface area (TPSA) is 76.0 Å². The van der Waals surface area contributed by atoms with Gasteiger partial charge in [0.1, 0.15) is 0 Å². The van der Waals surface area contributed by atoms with Gasteiger partial charge >= 0.3 is 0 Å². The largest absolute Gasteiger partial charge is 0.355 e. The van der Waals surface area contributed by atoms with Crippen molar-refractivity contribution in [2.45, 2.75) is 26.8 Å². The van der Waals surface area contributed by atoms with Gasteiger partial charge in [-0.05, 0) is 25.1 Å². The molecule has 2 aromatic rings. The number of likely N-dealkylation sites (N-methyl/N-ethyl adjacent to an activating group) is 1. The summed E-state index contributed by atoms with van der Waals surface area (Å²) in [6, 6.07) is 5.54. The Balaban J connectivity index is 1.99. The maximum Gasteiger partial charge on any atom is 0.261 e. The van der Waals surface area contributed by atoms with Gasteiger partial charge in [-0.15, -0.1) is 0 Å². The number of hydrogen-bond donors (Lipinski definition) is 2. The number of fused-ring (bicyclic) bond motifs is 1. The van der Waals surface area contributed by atoms with Crippen LogP contribution in [0.3, 0.4) is 0 Å². The van der Waals surface area contributed by atoms with Crippen LogP contribution in [0.25, 0.3) is 10.9 Å². The Labute approximate surface area is 129 Å². The van der Waals surface area contributed by atoms with Crippen molar-refractivity contribution < 1.29 is 4.79 Å². The molecule has 0 spiro atoms. The lowest BCUT2D eigenvalue weighted by atomic mass is 10.1. The molecule has 6 nitrogen and oxygen atoms in total. The minimum atomic E-state index is -0.103. The van der Waals surface area contributed by atoms with E-state index in [0.717, 1.165) is 24.2 Å². The smallest absolute Gasteiger partial charge is 0.261 e. The molecule has 0 aliphatic carbocycles. The SMILES string of the molecule is CCNCCNC(=O)CCn1cnc2c(C)cccc2c1=O. The molecule has 2 N–H and O–H groups in total. The number of aryl methyl sites for hydroxylation is 2. The van der Waals surface area contributed by atoms with E-state index >= 15 is 0 Å². The summed E-state index contributed by atoms with van der Waals surface area (Å²) in [5.74, 6) is -0.0610. The molecular formula is C16H22N4O2. The molecule has 0 saturated heterocycles. The van der Waals surface area contributed by atoms with Crippen LogP contribution in [0.5, 0.6) is 0 Å². The molecule has 1 heterocycles. The molecule has 1 aromatic carbocycles. The Bertz CT molecular complexity index is 709. The highest BCUT2D eigenvalue weighted by atomic mass is 16.1. The fourth-order valence-electron chi connectivity index (χ4n) is 2.27. The second kappa shape index (κ2) is 7.70. The number of hydrogen-bond acceptors (Lipinski definition) is 4. The number of amides is 1. The van der Waals surface area contributed by atoms with Crippen molar-refractivity contribution in [1.82, 2.24) is 20.2 Å². The van der Waals surface area contributed by atoms with E-state index < -0.39 is 0 Å². The Morgan fingerprint density at radius 3 is 2.91 bits per heavy atom. The highest BCUT2D eigenvalue weighted by Gasteiger charge is 2.07. The number of benzene rings is 1. The van der Waals surface area contributed by atoms with Gasteiger partial charge in [0.05, 0.1) is 17.2 Å². The van der Waals surface area contributed by atoms with Gasteiger partial charge in [-0.3, -0.25) is 14.2 Å². The van der Waals surface area contributed by atoms with Gasteiger partial charge < -0.3 is 10.6 Å². The summed E-state index contributed by atoms with van der Waals surface area (Å²) < 4.78 is 1.49. The normalized spacial score (nSPS) is 10.8. The number of nitrogens with one attached hydrogen (secondary N) is 2. The van der Waals surface area contributed by atoms with Crippen molar-refractivity contribution in [2.24, 2.45) is 0 Å². The lowest BCUT2D eigenvalue weighted by Gasteiger charge is -2.08. The Morgan fingerprint density at radius 1 is 1.32 bits per heavy atom. The third-order valence-corrected chi connectivity index (χ3v) is 3.51. The van der Waals surface area contributed by atoms with E-state index in [4.69, 9.17) is 0 Å². The molecule has 0 radical (unpaired) electrons. The maximum atomic E-state index is 12.4. The van der Waals surface area contributed by atoms with Crippen molar-refractivity contribution >= 4 is 16.8 Å². The molecule has 2 rings (SSSR count). The second-order valence-electron chi connectivity index (χ2n) is 5.17. The van der Waals surface area contributed by atoms with Gasteiger partial charge in [0.2, 0.25) is 5.91 Å². The summed E-state index contributed by atoms with van der Waals surface area (Å²) in [4.78, 5) is 28.4. The quantitative estimate of drug-likeness (QED) is 0.743. The molecule has 1 amide bonds. The molecule has 0 aliphatic rings. The third-order valence-electron chi connectivity index (χ3n) is 3.51. The number of carbonyl (C=O) groups is 1. The van der Waals surface area contributed by atoms with Crippen LogP contribution in [0.15, 0.2) is 29.3 Å². The van der Waals surface area contributed by atoms with Crippen molar-refractivity contribution in [3.8, 4) is 0 Å². The average Bonchev–Trinajstić information content (AvgIpc) is 2.52. The summed E-state index contributed by atoms with van der Waals surface area (Å²) in [5, 5.41) is 6.54. The van der Waals surface area contributed by atoms with E-state index in [0.29, 0.717) is 18.5 Å². The summed E-state index contributed by atoms with van der Waals surface area (Å²) in [6.45, 7) is 6.51. The standard InChI is InChI=1S/C16H22N4O2/c1-3-17-8-9-18-14(21)7-10-20-11-19-15-12(2)5-4-6-13(15)16(20)22/h4-6,11,17H,3,7-10H2,1-2H3,(H,18,21). The fourth-order valence-corrected chi connectivity index (χ4v) is 2.27. The molecule has 0 atom stereocenters.